The molecule has 0 radical (unpaired) electrons. The van der Waals surface area contributed by atoms with Crippen molar-refractivity contribution in [1.82, 2.24) is 10.2 Å². The van der Waals surface area contributed by atoms with Gasteiger partial charge in [0, 0.05) is 37.4 Å². The van der Waals surface area contributed by atoms with Crippen molar-refractivity contribution in [3.8, 4) is 0 Å². The second-order valence-corrected chi connectivity index (χ2v) is 8.95. The van der Waals surface area contributed by atoms with Gasteiger partial charge in [-0.25, -0.2) is 9.59 Å². The number of morpholine rings is 1. The van der Waals surface area contributed by atoms with Crippen LogP contribution in [0.4, 0.5) is 5.69 Å². The second kappa shape index (κ2) is 11.4. The van der Waals surface area contributed by atoms with Crippen molar-refractivity contribution in [3.63, 3.8) is 0 Å². The lowest BCUT2D eigenvalue weighted by molar-refractivity contribution is -0.159. The largest absolute Gasteiger partial charge is 0.473 e. The highest BCUT2D eigenvalue weighted by Gasteiger charge is 2.39. The highest BCUT2D eigenvalue weighted by molar-refractivity contribution is 6.27. The van der Waals surface area contributed by atoms with Crippen LogP contribution in [0.25, 0.3) is 0 Å². The van der Waals surface area contributed by atoms with E-state index < -0.39 is 11.9 Å². The molecule has 0 aromatic heterocycles. The Bertz CT molecular complexity index is 808. The minimum Gasteiger partial charge on any atom is -0.473 e. The Morgan fingerprint density at radius 2 is 1.78 bits per heavy atom. The number of benzene rings is 1. The van der Waals surface area contributed by atoms with Crippen LogP contribution in [0.1, 0.15) is 44.2 Å². The molecule has 9 nitrogen and oxygen atoms in total. The molecule has 9 heteroatoms. The Morgan fingerprint density at radius 3 is 2.38 bits per heavy atom. The summed E-state index contributed by atoms with van der Waals surface area (Å²) in [6, 6.07) is 6.47. The maximum Gasteiger partial charge on any atom is 0.414 e. The van der Waals surface area contributed by atoms with Gasteiger partial charge in [0.25, 0.3) is 0 Å². The van der Waals surface area contributed by atoms with Crippen LogP contribution < -0.4 is 10.2 Å². The number of fused-ring (bicyclic) bond motifs is 1. The van der Waals surface area contributed by atoms with E-state index in [1.807, 2.05) is 4.90 Å². The molecule has 3 N–H and O–H groups in total. The van der Waals surface area contributed by atoms with Gasteiger partial charge in [0.2, 0.25) is 5.91 Å². The fourth-order valence-corrected chi connectivity index (χ4v) is 4.36. The van der Waals surface area contributed by atoms with Crippen molar-refractivity contribution < 1.29 is 29.3 Å². The molecule has 0 bridgehead atoms. The van der Waals surface area contributed by atoms with Crippen molar-refractivity contribution in [3.05, 3.63) is 29.3 Å². The molecule has 0 saturated carbocycles. The van der Waals surface area contributed by atoms with Crippen molar-refractivity contribution in [1.29, 1.82) is 0 Å². The van der Waals surface area contributed by atoms with E-state index in [2.05, 4.69) is 56.1 Å². The van der Waals surface area contributed by atoms with E-state index in [1.54, 1.807) is 0 Å². The quantitative estimate of drug-likeness (QED) is 0.459. The zero-order valence-corrected chi connectivity index (χ0v) is 19.4. The number of aryl methyl sites for hydroxylation is 1. The zero-order valence-electron chi connectivity index (χ0n) is 19.4. The van der Waals surface area contributed by atoms with Gasteiger partial charge in [0.15, 0.2) is 0 Å². The minimum absolute atomic E-state index is 0.161. The van der Waals surface area contributed by atoms with Crippen LogP contribution in [0.15, 0.2) is 18.2 Å². The summed E-state index contributed by atoms with van der Waals surface area (Å²) in [6.45, 7) is 14.5. The SMILES string of the molecule is Cc1ccc2c(c1)C(C)CC(C)(C)N2C(=O)CNCCN1CCOCC1.O=C(O)C(=O)O. The smallest absolute Gasteiger partial charge is 0.414 e. The maximum atomic E-state index is 13.0. The summed E-state index contributed by atoms with van der Waals surface area (Å²) in [7, 11) is 0. The van der Waals surface area contributed by atoms with E-state index in [1.165, 1.54) is 11.1 Å². The lowest BCUT2D eigenvalue weighted by Crippen LogP contribution is -2.54. The molecule has 1 unspecified atom stereocenters. The van der Waals surface area contributed by atoms with Crippen LogP contribution in [-0.2, 0) is 19.1 Å². The molecular formula is C23H35N3O6. The topological polar surface area (TPSA) is 119 Å². The van der Waals surface area contributed by atoms with Gasteiger partial charge in [-0.2, -0.15) is 0 Å². The van der Waals surface area contributed by atoms with Crippen molar-refractivity contribution >= 4 is 23.5 Å². The van der Waals surface area contributed by atoms with Crippen LogP contribution in [0.5, 0.6) is 0 Å². The maximum absolute atomic E-state index is 13.0. The van der Waals surface area contributed by atoms with Gasteiger partial charge in [-0.15, -0.1) is 0 Å². The molecule has 1 saturated heterocycles. The zero-order chi connectivity index (χ0) is 23.9. The number of nitrogens with zero attached hydrogens (tertiary/aromatic N) is 2. The van der Waals surface area contributed by atoms with E-state index in [-0.39, 0.29) is 11.4 Å². The molecular weight excluding hydrogens is 414 g/mol. The number of carbonyl (C=O) groups is 3. The number of amides is 1. The van der Waals surface area contributed by atoms with Gasteiger partial charge in [-0.3, -0.25) is 9.69 Å². The van der Waals surface area contributed by atoms with Crippen LogP contribution in [0.3, 0.4) is 0 Å². The highest BCUT2D eigenvalue weighted by Crippen LogP contribution is 2.43. The normalized spacial score (nSPS) is 20.0. The molecule has 0 spiro atoms. The van der Waals surface area contributed by atoms with Crippen molar-refractivity contribution in [2.75, 3.05) is 50.8 Å². The van der Waals surface area contributed by atoms with Crippen LogP contribution in [0, 0.1) is 6.92 Å². The lowest BCUT2D eigenvalue weighted by atomic mass is 9.79. The van der Waals surface area contributed by atoms with E-state index in [9.17, 15) is 4.79 Å². The van der Waals surface area contributed by atoms with E-state index in [0.717, 1.165) is 51.5 Å². The minimum atomic E-state index is -1.82. The Kier molecular flexibility index (Phi) is 9.18. The Balaban J connectivity index is 0.000000534. The third-order valence-corrected chi connectivity index (χ3v) is 5.78. The van der Waals surface area contributed by atoms with E-state index in [0.29, 0.717) is 12.5 Å². The third kappa shape index (κ3) is 7.01. The summed E-state index contributed by atoms with van der Waals surface area (Å²) in [5.74, 6) is -3.02. The first-order valence-corrected chi connectivity index (χ1v) is 10.9. The number of carboxylic acids is 2. The summed E-state index contributed by atoms with van der Waals surface area (Å²) >= 11 is 0. The fourth-order valence-electron chi connectivity index (χ4n) is 4.36. The molecule has 1 aromatic rings. The molecule has 2 heterocycles. The number of carboxylic acid groups (broad SMARTS) is 2. The predicted octanol–water partition coefficient (Wildman–Crippen LogP) is 1.69. The average Bonchev–Trinajstić information content (AvgIpc) is 2.72. The third-order valence-electron chi connectivity index (χ3n) is 5.78. The van der Waals surface area contributed by atoms with Gasteiger partial charge in [-0.1, -0.05) is 24.6 Å². The molecule has 178 valence electrons. The molecule has 1 amide bonds. The molecule has 1 atom stereocenters. The molecule has 32 heavy (non-hydrogen) atoms. The first kappa shape index (κ1) is 25.8. The van der Waals surface area contributed by atoms with Crippen LogP contribution >= 0.6 is 0 Å². The number of ether oxygens (including phenoxy) is 1. The summed E-state index contributed by atoms with van der Waals surface area (Å²) in [5, 5.41) is 18.1. The number of anilines is 1. The molecule has 0 aliphatic carbocycles. The number of hydrogen-bond acceptors (Lipinski definition) is 6. The average molecular weight is 450 g/mol. The monoisotopic (exact) mass is 449 g/mol. The van der Waals surface area contributed by atoms with Gasteiger partial charge in [0.1, 0.15) is 0 Å². The van der Waals surface area contributed by atoms with Crippen molar-refractivity contribution in [2.24, 2.45) is 0 Å². The molecule has 1 aromatic carbocycles. The van der Waals surface area contributed by atoms with Gasteiger partial charge < -0.3 is 25.2 Å². The number of hydrogen-bond donors (Lipinski definition) is 3. The summed E-state index contributed by atoms with van der Waals surface area (Å²) in [6.07, 6.45) is 0.989. The fraction of sp³-hybridized carbons (Fsp3) is 0.609. The molecule has 1 fully saturated rings. The van der Waals surface area contributed by atoms with Gasteiger partial charge >= 0.3 is 11.9 Å². The number of rotatable bonds is 5. The van der Waals surface area contributed by atoms with E-state index >= 15 is 0 Å². The standard InChI is InChI=1S/C21H33N3O2.C2H2O4/c1-16-5-6-19-18(13-16)17(2)14-21(3,4)24(19)20(25)15-22-7-8-23-9-11-26-12-10-23;3-1(4)2(5)6/h5-6,13,17,22H,7-12,14-15H2,1-4H3;(H,3,4)(H,5,6). The second-order valence-electron chi connectivity index (χ2n) is 8.95. The van der Waals surface area contributed by atoms with Gasteiger partial charge in [-0.05, 0) is 44.7 Å². The number of nitrogens with one attached hydrogen (secondary N) is 1. The van der Waals surface area contributed by atoms with E-state index in [4.69, 9.17) is 24.5 Å². The van der Waals surface area contributed by atoms with Gasteiger partial charge in [0.05, 0.1) is 19.8 Å². The summed E-state index contributed by atoms with van der Waals surface area (Å²) in [4.78, 5) is 35.6. The Morgan fingerprint density at radius 1 is 1.16 bits per heavy atom. The Labute approximate surface area is 189 Å². The number of aliphatic carboxylic acids is 2. The highest BCUT2D eigenvalue weighted by atomic mass is 16.5. The number of carbonyl (C=O) groups excluding carboxylic acids is 1. The molecule has 2 aliphatic heterocycles. The predicted molar refractivity (Wildman–Crippen MR) is 121 cm³/mol. The van der Waals surface area contributed by atoms with Crippen LogP contribution in [-0.4, -0.2) is 84.4 Å². The van der Waals surface area contributed by atoms with Crippen molar-refractivity contribution in [2.45, 2.75) is 45.6 Å². The molecule has 3 rings (SSSR count). The lowest BCUT2D eigenvalue weighted by Gasteiger charge is -2.46. The summed E-state index contributed by atoms with van der Waals surface area (Å²) in [5.41, 5.74) is 3.47. The Hall–Kier alpha value is -2.49. The van der Waals surface area contributed by atoms with Crippen LogP contribution in [0.2, 0.25) is 0 Å². The molecule has 2 aliphatic rings. The first-order valence-electron chi connectivity index (χ1n) is 10.9. The first-order chi connectivity index (χ1) is 15.0. The summed E-state index contributed by atoms with van der Waals surface area (Å²) < 4.78 is 5.37.